The molecule has 1 aromatic carbocycles. The van der Waals surface area contributed by atoms with Crippen LogP contribution < -0.4 is 9.64 Å². The van der Waals surface area contributed by atoms with Crippen molar-refractivity contribution in [2.75, 3.05) is 31.7 Å². The first-order valence-corrected chi connectivity index (χ1v) is 6.37. The number of hydrogen-bond donors (Lipinski definition) is 0. The summed E-state index contributed by atoms with van der Waals surface area (Å²) in [5.41, 5.74) is -0.326. The van der Waals surface area contributed by atoms with E-state index in [4.69, 9.17) is 9.47 Å². The van der Waals surface area contributed by atoms with Crippen molar-refractivity contribution in [3.8, 4) is 5.75 Å². The lowest BCUT2D eigenvalue weighted by molar-refractivity contribution is -0.384. The highest BCUT2D eigenvalue weighted by Crippen LogP contribution is 2.34. The normalized spacial score (nSPS) is 10.1. The Kier molecular flexibility index (Phi) is 5.89. The molecular formula is C13H17FN2O5. The summed E-state index contributed by atoms with van der Waals surface area (Å²) < 4.78 is 23.2. The van der Waals surface area contributed by atoms with Gasteiger partial charge in [0.25, 0.3) is 5.69 Å². The number of ether oxygens (including phenoxy) is 2. The maximum atomic E-state index is 13.6. The minimum atomic E-state index is -0.833. The Hall–Kier alpha value is -2.38. The molecule has 0 saturated carbocycles. The number of likely N-dealkylation sites (N-methyl/N-ethyl adjacent to an activating group) is 1. The molecule has 0 fully saturated rings. The van der Waals surface area contributed by atoms with E-state index in [0.29, 0.717) is 6.54 Å². The van der Waals surface area contributed by atoms with Crippen LogP contribution in [0.25, 0.3) is 0 Å². The summed E-state index contributed by atoms with van der Waals surface area (Å²) in [4.78, 5) is 23.3. The van der Waals surface area contributed by atoms with Crippen molar-refractivity contribution < 1.29 is 23.6 Å². The van der Waals surface area contributed by atoms with E-state index in [9.17, 15) is 19.3 Å². The van der Waals surface area contributed by atoms with Crippen LogP contribution in [0.15, 0.2) is 12.1 Å². The van der Waals surface area contributed by atoms with Gasteiger partial charge in [0.2, 0.25) is 0 Å². The molecule has 0 atom stereocenters. The first kappa shape index (κ1) is 16.7. The number of nitro groups is 1. The van der Waals surface area contributed by atoms with Crippen LogP contribution in [0.2, 0.25) is 0 Å². The van der Waals surface area contributed by atoms with Gasteiger partial charge in [0, 0.05) is 12.6 Å². The second-order valence-electron chi connectivity index (χ2n) is 4.05. The van der Waals surface area contributed by atoms with Crippen molar-refractivity contribution >= 4 is 17.3 Å². The Labute approximate surface area is 121 Å². The van der Waals surface area contributed by atoms with Crippen LogP contribution in [0.4, 0.5) is 15.8 Å². The van der Waals surface area contributed by atoms with E-state index in [1.165, 1.54) is 18.1 Å². The van der Waals surface area contributed by atoms with Gasteiger partial charge >= 0.3 is 5.97 Å². The van der Waals surface area contributed by atoms with Gasteiger partial charge in [-0.25, -0.2) is 4.39 Å². The Morgan fingerprint density at radius 1 is 1.43 bits per heavy atom. The molecule has 0 radical (unpaired) electrons. The maximum Gasteiger partial charge on any atom is 0.325 e. The highest BCUT2D eigenvalue weighted by atomic mass is 19.1. The third-order valence-electron chi connectivity index (χ3n) is 2.79. The van der Waals surface area contributed by atoms with Crippen LogP contribution in [-0.4, -0.2) is 37.7 Å². The zero-order valence-electron chi connectivity index (χ0n) is 12.1. The van der Waals surface area contributed by atoms with Gasteiger partial charge in [-0.3, -0.25) is 14.9 Å². The maximum absolute atomic E-state index is 13.6. The number of nitrogens with zero attached hydrogens (tertiary/aromatic N) is 2. The number of rotatable bonds is 7. The number of halogens is 1. The SMILES string of the molecule is CCOC(=O)CN(CC)c1cc(OC)c(F)cc1[N+](=O)[O-]. The molecule has 7 nitrogen and oxygen atoms in total. The van der Waals surface area contributed by atoms with Gasteiger partial charge in [0.05, 0.1) is 24.7 Å². The van der Waals surface area contributed by atoms with Gasteiger partial charge in [-0.1, -0.05) is 0 Å². The average molecular weight is 300 g/mol. The third kappa shape index (κ3) is 4.04. The van der Waals surface area contributed by atoms with Crippen molar-refractivity contribution in [2.24, 2.45) is 0 Å². The van der Waals surface area contributed by atoms with Crippen molar-refractivity contribution in [1.82, 2.24) is 0 Å². The number of nitro benzene ring substituents is 1. The fourth-order valence-electron chi connectivity index (χ4n) is 1.82. The molecular weight excluding hydrogens is 283 g/mol. The summed E-state index contributed by atoms with van der Waals surface area (Å²) in [6.45, 7) is 3.75. The average Bonchev–Trinajstić information content (AvgIpc) is 2.44. The van der Waals surface area contributed by atoms with Crippen LogP contribution >= 0.6 is 0 Å². The van der Waals surface area contributed by atoms with Gasteiger partial charge in [0.15, 0.2) is 11.6 Å². The lowest BCUT2D eigenvalue weighted by Crippen LogP contribution is -2.31. The standard InChI is InChI=1S/C13H17FN2O5/c1-4-15(8-13(17)21-5-2)10-7-12(20-3)9(14)6-11(10)16(18)19/h6-7H,4-5,8H2,1-3H3. The molecule has 0 spiro atoms. The number of benzene rings is 1. The van der Waals surface area contributed by atoms with Crippen LogP contribution in [0.5, 0.6) is 5.75 Å². The smallest absolute Gasteiger partial charge is 0.325 e. The van der Waals surface area contributed by atoms with Gasteiger partial charge in [0.1, 0.15) is 12.2 Å². The van der Waals surface area contributed by atoms with Crippen LogP contribution in [0.1, 0.15) is 13.8 Å². The van der Waals surface area contributed by atoms with Gasteiger partial charge in [-0.2, -0.15) is 0 Å². The van der Waals surface area contributed by atoms with Crippen LogP contribution in [-0.2, 0) is 9.53 Å². The first-order chi connectivity index (χ1) is 9.94. The molecule has 21 heavy (non-hydrogen) atoms. The Bertz CT molecular complexity index is 536. The van der Waals surface area contributed by atoms with Crippen LogP contribution in [0.3, 0.4) is 0 Å². The van der Waals surface area contributed by atoms with E-state index in [0.717, 1.165) is 6.07 Å². The molecule has 0 aromatic heterocycles. The number of methoxy groups -OCH3 is 1. The number of hydrogen-bond acceptors (Lipinski definition) is 6. The minimum Gasteiger partial charge on any atom is -0.494 e. The van der Waals surface area contributed by atoms with Crippen molar-refractivity contribution in [2.45, 2.75) is 13.8 Å². The Morgan fingerprint density at radius 3 is 2.57 bits per heavy atom. The zero-order chi connectivity index (χ0) is 16.0. The summed E-state index contributed by atoms with van der Waals surface area (Å²) in [6, 6.07) is 1.98. The third-order valence-corrected chi connectivity index (χ3v) is 2.79. The molecule has 0 N–H and O–H groups in total. The lowest BCUT2D eigenvalue weighted by Gasteiger charge is -2.22. The van der Waals surface area contributed by atoms with Gasteiger partial charge in [-0.05, 0) is 13.8 Å². The van der Waals surface area contributed by atoms with Gasteiger partial charge < -0.3 is 14.4 Å². The molecule has 0 saturated heterocycles. The molecule has 0 unspecified atom stereocenters. The van der Waals surface area contributed by atoms with Crippen LogP contribution in [0, 0.1) is 15.9 Å². The minimum absolute atomic E-state index is 0.105. The quantitative estimate of drug-likeness (QED) is 0.436. The molecule has 0 aliphatic carbocycles. The zero-order valence-corrected chi connectivity index (χ0v) is 12.1. The first-order valence-electron chi connectivity index (χ1n) is 6.37. The van der Waals surface area contributed by atoms with E-state index in [1.807, 2.05) is 0 Å². The highest BCUT2D eigenvalue weighted by Gasteiger charge is 2.24. The molecule has 116 valence electrons. The molecule has 0 bridgehead atoms. The largest absolute Gasteiger partial charge is 0.494 e. The molecule has 1 rings (SSSR count). The molecule has 0 aliphatic heterocycles. The second-order valence-corrected chi connectivity index (χ2v) is 4.05. The van der Waals surface area contributed by atoms with Gasteiger partial charge in [-0.15, -0.1) is 0 Å². The molecule has 0 aliphatic rings. The van der Waals surface area contributed by atoms with E-state index in [-0.39, 0.29) is 24.6 Å². The summed E-state index contributed by atoms with van der Waals surface area (Å²) >= 11 is 0. The second kappa shape index (κ2) is 7.41. The summed E-state index contributed by atoms with van der Waals surface area (Å²) in [5.74, 6) is -1.48. The van der Waals surface area contributed by atoms with E-state index < -0.39 is 22.4 Å². The predicted octanol–water partition coefficient (Wildman–Crippen LogP) is 2.13. The summed E-state index contributed by atoms with van der Waals surface area (Å²) in [7, 11) is 1.26. The highest BCUT2D eigenvalue weighted by molar-refractivity contribution is 5.78. The number of carbonyl (C=O) groups excluding carboxylic acids is 1. The molecule has 0 heterocycles. The van der Waals surface area contributed by atoms with Crippen molar-refractivity contribution in [1.29, 1.82) is 0 Å². The number of anilines is 1. The summed E-state index contributed by atoms with van der Waals surface area (Å²) in [6.07, 6.45) is 0. The fraction of sp³-hybridized carbons (Fsp3) is 0.462. The number of esters is 1. The Morgan fingerprint density at radius 2 is 2.10 bits per heavy atom. The molecule has 1 aromatic rings. The lowest BCUT2D eigenvalue weighted by atomic mass is 10.2. The predicted molar refractivity (Wildman–Crippen MR) is 74.1 cm³/mol. The number of carbonyl (C=O) groups is 1. The summed E-state index contributed by atoms with van der Waals surface area (Å²) in [5, 5.41) is 11.1. The van der Waals surface area contributed by atoms with Crippen molar-refractivity contribution in [3.05, 3.63) is 28.1 Å². The van der Waals surface area contributed by atoms with E-state index in [1.54, 1.807) is 13.8 Å². The Balaban J connectivity index is 3.22. The molecule has 8 heteroatoms. The van der Waals surface area contributed by atoms with E-state index in [2.05, 4.69) is 0 Å². The van der Waals surface area contributed by atoms with Crippen molar-refractivity contribution in [3.63, 3.8) is 0 Å². The topological polar surface area (TPSA) is 81.9 Å². The van der Waals surface area contributed by atoms with E-state index >= 15 is 0 Å². The molecule has 0 amide bonds. The monoisotopic (exact) mass is 300 g/mol. The fourth-order valence-corrected chi connectivity index (χ4v) is 1.82.